The van der Waals surface area contributed by atoms with Gasteiger partial charge in [0.2, 0.25) is 0 Å². The van der Waals surface area contributed by atoms with Gasteiger partial charge in [-0.05, 0) is 51.1 Å². The van der Waals surface area contributed by atoms with E-state index in [4.69, 9.17) is 5.73 Å². The third kappa shape index (κ3) is 5.53. The molecule has 0 aromatic rings. The minimum absolute atomic E-state index is 0.127. The Morgan fingerprint density at radius 2 is 2.05 bits per heavy atom. The van der Waals surface area contributed by atoms with Crippen molar-refractivity contribution in [1.29, 1.82) is 0 Å². The van der Waals surface area contributed by atoms with E-state index >= 15 is 0 Å². The molecule has 0 radical (unpaired) electrons. The molecule has 0 bridgehead atoms. The first kappa shape index (κ1) is 16.5. The average Bonchev–Trinajstić information content (AvgIpc) is 2.42. The van der Waals surface area contributed by atoms with Crippen LogP contribution in [0.1, 0.15) is 59.3 Å². The number of nitrogens with two attached hydrogens (primary N) is 1. The lowest BCUT2D eigenvalue weighted by Crippen LogP contribution is -2.53. The summed E-state index contributed by atoms with van der Waals surface area (Å²) in [5.74, 6) is 0.839. The summed E-state index contributed by atoms with van der Waals surface area (Å²) in [6, 6.07) is 0. The summed E-state index contributed by atoms with van der Waals surface area (Å²) in [6.45, 7) is 9.91. The van der Waals surface area contributed by atoms with Crippen LogP contribution in [0.3, 0.4) is 0 Å². The molecule has 1 aliphatic heterocycles. The monoisotopic (exact) mass is 267 g/mol. The number of hydrogen-bond donors (Lipinski definition) is 3. The van der Waals surface area contributed by atoms with Crippen LogP contribution in [0.15, 0.2) is 11.8 Å². The van der Waals surface area contributed by atoms with Crippen LogP contribution < -0.4 is 16.4 Å². The molecule has 112 valence electrons. The van der Waals surface area contributed by atoms with E-state index in [2.05, 4.69) is 37.5 Å². The molecule has 3 heteroatoms. The lowest BCUT2D eigenvalue weighted by molar-refractivity contribution is 0.338. The smallest absolute Gasteiger partial charge is 0.0579 e. The van der Waals surface area contributed by atoms with Gasteiger partial charge in [0.1, 0.15) is 0 Å². The normalized spacial score (nSPS) is 21.2. The molecule has 1 rings (SSSR count). The Hall–Kier alpha value is -0.540. The molecule has 0 aromatic carbocycles. The molecule has 19 heavy (non-hydrogen) atoms. The fourth-order valence-electron chi connectivity index (χ4n) is 2.68. The minimum atomic E-state index is -0.127. The predicted octanol–water partition coefficient (Wildman–Crippen LogP) is 2.78. The molecule has 3 nitrogen and oxygen atoms in total. The molecular formula is C16H33N3. The van der Waals surface area contributed by atoms with E-state index in [0.29, 0.717) is 0 Å². The summed E-state index contributed by atoms with van der Waals surface area (Å²) in [7, 11) is 0. The van der Waals surface area contributed by atoms with Crippen LogP contribution in [-0.2, 0) is 0 Å². The van der Waals surface area contributed by atoms with Gasteiger partial charge in [0.15, 0.2) is 0 Å². The first-order chi connectivity index (χ1) is 9.12. The van der Waals surface area contributed by atoms with E-state index in [-0.39, 0.29) is 5.54 Å². The first-order valence-corrected chi connectivity index (χ1v) is 8.06. The van der Waals surface area contributed by atoms with Crippen LogP contribution in [0.5, 0.6) is 0 Å². The molecule has 4 N–H and O–H groups in total. The highest BCUT2D eigenvalue weighted by Crippen LogP contribution is 2.23. The van der Waals surface area contributed by atoms with Gasteiger partial charge in [0, 0.05) is 12.2 Å². The van der Waals surface area contributed by atoms with Crippen molar-refractivity contribution in [2.45, 2.75) is 64.8 Å². The van der Waals surface area contributed by atoms with Crippen molar-refractivity contribution in [1.82, 2.24) is 10.6 Å². The van der Waals surface area contributed by atoms with Gasteiger partial charge >= 0.3 is 0 Å². The molecule has 0 aliphatic carbocycles. The number of hydrogen-bond acceptors (Lipinski definition) is 3. The summed E-state index contributed by atoms with van der Waals surface area (Å²) in [5, 5.41) is 7.01. The zero-order chi connectivity index (χ0) is 14.1. The Balaban J connectivity index is 2.42. The van der Waals surface area contributed by atoms with Crippen LogP contribution in [-0.4, -0.2) is 25.2 Å². The molecule has 0 spiro atoms. The van der Waals surface area contributed by atoms with Gasteiger partial charge in [-0.25, -0.2) is 0 Å². The van der Waals surface area contributed by atoms with Crippen molar-refractivity contribution in [3.05, 3.63) is 11.8 Å². The maximum absolute atomic E-state index is 6.59. The van der Waals surface area contributed by atoms with Crippen LogP contribution in [0.4, 0.5) is 0 Å². The van der Waals surface area contributed by atoms with Gasteiger partial charge in [-0.3, -0.25) is 0 Å². The molecule has 0 saturated carbocycles. The summed E-state index contributed by atoms with van der Waals surface area (Å²) in [4.78, 5) is 0. The number of rotatable bonds is 8. The molecule has 1 heterocycles. The highest BCUT2D eigenvalue weighted by molar-refractivity contribution is 5.19. The third-order valence-corrected chi connectivity index (χ3v) is 4.33. The van der Waals surface area contributed by atoms with Crippen molar-refractivity contribution in [2.24, 2.45) is 11.7 Å². The number of nitrogens with one attached hydrogen (secondary N) is 2. The van der Waals surface area contributed by atoms with Gasteiger partial charge in [0.25, 0.3) is 0 Å². The lowest BCUT2D eigenvalue weighted by Gasteiger charge is -2.37. The second-order valence-electron chi connectivity index (χ2n) is 6.01. The van der Waals surface area contributed by atoms with Crippen molar-refractivity contribution in [3.8, 4) is 0 Å². The summed E-state index contributed by atoms with van der Waals surface area (Å²) < 4.78 is 0. The summed E-state index contributed by atoms with van der Waals surface area (Å²) >= 11 is 0. The Bertz CT molecular complexity index is 267. The molecule has 1 aliphatic rings. The summed E-state index contributed by atoms with van der Waals surface area (Å²) in [6.07, 6.45) is 9.25. The van der Waals surface area contributed by atoms with Crippen molar-refractivity contribution in [3.63, 3.8) is 0 Å². The molecule has 1 fully saturated rings. The molecular weight excluding hydrogens is 234 g/mol. The Kier molecular flexibility index (Phi) is 7.47. The number of piperidine rings is 1. The van der Waals surface area contributed by atoms with E-state index in [1.54, 1.807) is 0 Å². The Morgan fingerprint density at radius 3 is 2.63 bits per heavy atom. The van der Waals surface area contributed by atoms with Gasteiger partial charge < -0.3 is 16.4 Å². The predicted molar refractivity (Wildman–Crippen MR) is 84.1 cm³/mol. The van der Waals surface area contributed by atoms with E-state index in [9.17, 15) is 0 Å². The summed E-state index contributed by atoms with van der Waals surface area (Å²) in [5.41, 5.74) is 7.74. The maximum Gasteiger partial charge on any atom is 0.0579 e. The maximum atomic E-state index is 6.59. The second kappa shape index (κ2) is 8.60. The van der Waals surface area contributed by atoms with Gasteiger partial charge in [-0.1, -0.05) is 33.3 Å². The average molecular weight is 267 g/mol. The quantitative estimate of drug-likeness (QED) is 0.593. The van der Waals surface area contributed by atoms with Gasteiger partial charge in [-0.2, -0.15) is 0 Å². The SMILES string of the molecule is CC/C=C(\NCCCC(C)CC)C1(N)CCNCC1. The van der Waals surface area contributed by atoms with E-state index in [1.807, 2.05) is 0 Å². The molecule has 1 unspecified atom stereocenters. The Morgan fingerprint density at radius 1 is 1.37 bits per heavy atom. The highest BCUT2D eigenvalue weighted by atomic mass is 15.0. The Labute approximate surface area is 119 Å². The van der Waals surface area contributed by atoms with E-state index in [0.717, 1.165) is 44.8 Å². The first-order valence-electron chi connectivity index (χ1n) is 8.06. The molecule has 1 saturated heterocycles. The van der Waals surface area contributed by atoms with Crippen LogP contribution in [0.2, 0.25) is 0 Å². The zero-order valence-electron chi connectivity index (χ0n) is 13.1. The largest absolute Gasteiger partial charge is 0.387 e. The third-order valence-electron chi connectivity index (χ3n) is 4.33. The highest BCUT2D eigenvalue weighted by Gasteiger charge is 2.31. The van der Waals surface area contributed by atoms with E-state index < -0.39 is 0 Å². The minimum Gasteiger partial charge on any atom is -0.387 e. The fraction of sp³-hybridized carbons (Fsp3) is 0.875. The molecule has 0 amide bonds. The standard InChI is InChI=1S/C16H33N3/c1-4-7-15(16(17)9-12-18-13-10-16)19-11-6-8-14(3)5-2/h7,14,18-19H,4-6,8-13,17H2,1-3H3/b15-7-. The van der Waals surface area contributed by atoms with Crippen molar-refractivity contribution in [2.75, 3.05) is 19.6 Å². The van der Waals surface area contributed by atoms with Crippen LogP contribution in [0.25, 0.3) is 0 Å². The molecule has 1 atom stereocenters. The van der Waals surface area contributed by atoms with Crippen molar-refractivity contribution >= 4 is 0 Å². The zero-order valence-corrected chi connectivity index (χ0v) is 13.1. The van der Waals surface area contributed by atoms with Crippen LogP contribution >= 0.6 is 0 Å². The van der Waals surface area contributed by atoms with Gasteiger partial charge in [0.05, 0.1) is 5.54 Å². The van der Waals surface area contributed by atoms with Crippen LogP contribution in [0, 0.1) is 5.92 Å². The second-order valence-corrected chi connectivity index (χ2v) is 6.01. The molecule has 0 aromatic heterocycles. The van der Waals surface area contributed by atoms with Crippen molar-refractivity contribution < 1.29 is 0 Å². The fourth-order valence-corrected chi connectivity index (χ4v) is 2.68. The van der Waals surface area contributed by atoms with Gasteiger partial charge in [-0.15, -0.1) is 0 Å². The van der Waals surface area contributed by atoms with E-state index in [1.165, 1.54) is 25.0 Å². The number of allylic oxidation sites excluding steroid dienone is 1. The lowest BCUT2D eigenvalue weighted by atomic mass is 9.85. The topological polar surface area (TPSA) is 50.1 Å².